The highest BCUT2D eigenvalue weighted by molar-refractivity contribution is 8.00. The lowest BCUT2D eigenvalue weighted by molar-refractivity contribution is -0.903. The smallest absolute Gasteiger partial charge is 0.284 e. The minimum atomic E-state index is -2.99. The summed E-state index contributed by atoms with van der Waals surface area (Å²) < 4.78 is 12.6. The third-order valence-corrected chi connectivity index (χ3v) is 4.32. The minimum absolute atomic E-state index is 0.0754. The maximum absolute atomic E-state index is 12.0. The van der Waals surface area contributed by atoms with Crippen molar-refractivity contribution >= 4 is 26.2 Å². The summed E-state index contributed by atoms with van der Waals surface area (Å²) in [6, 6.07) is 2.90. The van der Waals surface area contributed by atoms with Crippen LogP contribution >= 0.6 is 11.6 Å². The van der Waals surface area contributed by atoms with Gasteiger partial charge in [-0.2, -0.15) is 0 Å². The molecule has 0 spiro atoms. The van der Waals surface area contributed by atoms with Gasteiger partial charge in [0, 0.05) is 21.9 Å². The molecule has 7 nitrogen and oxygen atoms in total. The Labute approximate surface area is 103 Å². The Balaban J connectivity index is 3.32. The number of nitrogens with zero attached hydrogens (tertiary/aromatic N) is 2. The maximum atomic E-state index is 12.0. The van der Waals surface area contributed by atoms with E-state index in [9.17, 15) is 19.5 Å². The largest absolute Gasteiger partial charge is 0.325 e. The molecule has 0 radical (unpaired) electrons. The highest BCUT2D eigenvalue weighted by Crippen LogP contribution is 2.05. The van der Waals surface area contributed by atoms with E-state index in [-0.39, 0.29) is 10.0 Å². The van der Waals surface area contributed by atoms with E-state index >= 15 is 0 Å². The predicted octanol–water partition coefficient (Wildman–Crippen LogP) is 0.0157. The number of halogens is 1. The lowest BCUT2D eigenvalue weighted by Gasteiger charge is -2.06. The zero-order valence-corrected chi connectivity index (χ0v) is 10.7. The molecule has 1 aromatic rings. The number of hydrogen-bond acceptors (Lipinski definition) is 4. The fourth-order valence-electron chi connectivity index (χ4n) is 1.12. The van der Waals surface area contributed by atoms with E-state index < -0.39 is 14.7 Å². The molecule has 0 aliphatic rings. The quantitative estimate of drug-likeness (QED) is 0.155. The van der Waals surface area contributed by atoms with Crippen LogP contribution in [0.1, 0.15) is 12.5 Å². The number of nitro groups is 1. The van der Waals surface area contributed by atoms with Gasteiger partial charge in [-0.3, -0.25) is 5.21 Å². The number of rotatable bonds is 3. The Morgan fingerprint density at radius 1 is 1.65 bits per heavy atom. The first kappa shape index (κ1) is 13.5. The highest BCUT2D eigenvalue weighted by Gasteiger charge is 2.16. The van der Waals surface area contributed by atoms with Crippen molar-refractivity contribution in [3.8, 4) is 0 Å². The van der Waals surface area contributed by atoms with Gasteiger partial charge in [-0.05, 0) is 24.6 Å². The molecule has 1 heterocycles. The molecule has 1 atom stereocenters. The van der Waals surface area contributed by atoms with Crippen LogP contribution in [0.3, 0.4) is 0 Å². The van der Waals surface area contributed by atoms with Crippen LogP contribution < -0.4 is 9.56 Å². The summed E-state index contributed by atoms with van der Waals surface area (Å²) in [4.78, 5) is 12.3. The Kier molecular flexibility index (Phi) is 3.79. The van der Waals surface area contributed by atoms with Crippen LogP contribution in [0.4, 0.5) is 0 Å². The Morgan fingerprint density at radius 2 is 2.24 bits per heavy atom. The number of hydrogen-bond donors (Lipinski definition) is 2. The molecular formula is C8H11ClN3O4S+. The normalized spacial score (nSPS) is 13.8. The Morgan fingerprint density at radius 3 is 2.71 bits per heavy atom. The number of aromatic nitrogens is 1. The summed E-state index contributed by atoms with van der Waals surface area (Å²) >= 11 is 5.59. The average molecular weight is 281 g/mol. The zero-order valence-electron chi connectivity index (χ0n) is 9.08. The lowest BCUT2D eigenvalue weighted by atomic mass is 10.2. The highest BCUT2D eigenvalue weighted by atomic mass is 35.5. The zero-order chi connectivity index (χ0) is 13.2. The van der Waals surface area contributed by atoms with Gasteiger partial charge in [-0.1, -0.05) is 4.83 Å². The Bertz CT molecular complexity index is 580. The first-order chi connectivity index (χ1) is 7.74. The van der Waals surface area contributed by atoms with Gasteiger partial charge in [0.05, 0.1) is 5.56 Å². The topological polar surface area (TPSA) is 96.3 Å². The van der Waals surface area contributed by atoms with Gasteiger partial charge >= 0.3 is 5.15 Å². The molecule has 0 aromatic carbocycles. The molecule has 1 aromatic heterocycles. The second kappa shape index (κ2) is 4.76. The van der Waals surface area contributed by atoms with Crippen LogP contribution in [0, 0.1) is 10.1 Å². The summed E-state index contributed by atoms with van der Waals surface area (Å²) in [6.07, 6.45) is 2.43. The van der Waals surface area contributed by atoms with Crippen molar-refractivity contribution in [1.82, 2.24) is 4.83 Å². The van der Waals surface area contributed by atoms with E-state index in [4.69, 9.17) is 11.6 Å². The molecule has 0 aliphatic carbocycles. The fraction of sp³-hybridized carbons (Fsp3) is 0.250. The third-order valence-electron chi connectivity index (χ3n) is 2.12. The van der Waals surface area contributed by atoms with Crippen molar-refractivity contribution in [3.05, 3.63) is 39.2 Å². The van der Waals surface area contributed by atoms with Crippen LogP contribution in [0.2, 0.25) is 5.15 Å². The van der Waals surface area contributed by atoms with Crippen molar-refractivity contribution in [3.63, 3.8) is 0 Å². The minimum Gasteiger partial charge on any atom is -0.284 e. The maximum Gasteiger partial charge on any atom is 0.325 e. The second-order valence-corrected chi connectivity index (χ2v) is 6.20. The van der Waals surface area contributed by atoms with Crippen molar-refractivity contribution < 1.29 is 19.2 Å². The summed E-state index contributed by atoms with van der Waals surface area (Å²) in [5.74, 6) is 0. The predicted molar refractivity (Wildman–Crippen MR) is 62.8 cm³/mol. The molecule has 9 heteroatoms. The van der Waals surface area contributed by atoms with Crippen molar-refractivity contribution in [2.45, 2.75) is 6.92 Å². The molecule has 0 bridgehead atoms. The molecule has 17 heavy (non-hydrogen) atoms. The van der Waals surface area contributed by atoms with Crippen molar-refractivity contribution in [1.29, 1.82) is 0 Å². The van der Waals surface area contributed by atoms with Gasteiger partial charge in [0.25, 0.3) is 0 Å². The van der Waals surface area contributed by atoms with Gasteiger partial charge < -0.3 is 0 Å². The molecule has 2 N–H and O–H groups in total. The summed E-state index contributed by atoms with van der Waals surface area (Å²) in [6.45, 7) is 1.47. The van der Waals surface area contributed by atoms with E-state index in [0.717, 1.165) is 0 Å². The van der Waals surface area contributed by atoms with Crippen LogP contribution in [0.25, 0.3) is 0 Å². The van der Waals surface area contributed by atoms with Gasteiger partial charge in [-0.15, -0.1) is 0 Å². The molecule has 1 unspecified atom stereocenters. The van der Waals surface area contributed by atoms with Crippen LogP contribution in [0.15, 0.2) is 18.3 Å². The number of nitrogens with one attached hydrogen (secondary N) is 1. The Hall–Kier alpha value is -1.54. The first-order valence-corrected chi connectivity index (χ1v) is 6.74. The van der Waals surface area contributed by atoms with Crippen molar-refractivity contribution in [2.24, 2.45) is 0 Å². The standard InChI is InChI=1S/C8H11ClN3O4S/c1-6(17(2,16)10-12(14)15)7-3-4-8(9)11(13)5-7/h3-5,13H,1-2H3,(H,10,16)/q+1. The van der Waals surface area contributed by atoms with E-state index in [0.29, 0.717) is 10.3 Å². The fourth-order valence-corrected chi connectivity index (χ4v) is 2.22. The molecule has 0 fully saturated rings. The average Bonchev–Trinajstić information content (AvgIpc) is 2.19. The van der Waals surface area contributed by atoms with Gasteiger partial charge in [-0.25, -0.2) is 14.3 Å². The molecule has 1 rings (SSSR count). The first-order valence-electron chi connectivity index (χ1n) is 4.39. The van der Waals surface area contributed by atoms with Gasteiger partial charge in [0.15, 0.2) is 5.03 Å². The third kappa shape index (κ3) is 3.21. The van der Waals surface area contributed by atoms with Gasteiger partial charge in [0.1, 0.15) is 9.71 Å². The van der Waals surface area contributed by atoms with Crippen molar-refractivity contribution in [2.75, 3.05) is 6.26 Å². The molecule has 0 aliphatic heterocycles. The van der Waals surface area contributed by atoms with E-state index in [1.54, 1.807) is 4.83 Å². The molecule has 94 valence electrons. The summed E-state index contributed by atoms with van der Waals surface area (Å²) in [5, 5.41) is 18.8. The van der Waals surface area contributed by atoms with Crippen LogP contribution in [0.5, 0.6) is 0 Å². The monoisotopic (exact) mass is 280 g/mol. The molecule has 0 saturated heterocycles. The van der Waals surface area contributed by atoms with Gasteiger partial charge in [0.2, 0.25) is 6.20 Å². The van der Waals surface area contributed by atoms with E-state index in [1.165, 1.54) is 31.5 Å². The summed E-state index contributed by atoms with van der Waals surface area (Å²) in [5.41, 5.74) is 0.388. The second-order valence-electron chi connectivity index (χ2n) is 3.33. The van der Waals surface area contributed by atoms with E-state index in [2.05, 4.69) is 0 Å². The van der Waals surface area contributed by atoms with Crippen LogP contribution in [-0.4, -0.2) is 25.6 Å². The SMILES string of the molecule is CC(c1ccc(Cl)[n+](O)c1)=S(C)(=O)N[N+](=O)[O-]. The summed E-state index contributed by atoms with van der Waals surface area (Å²) in [7, 11) is -2.99. The number of hydrazine groups is 1. The van der Waals surface area contributed by atoms with Crippen LogP contribution in [-0.2, 0) is 9.71 Å². The number of pyridine rings is 1. The molecule has 0 saturated carbocycles. The lowest BCUT2D eigenvalue weighted by Crippen LogP contribution is -2.35. The molecular weight excluding hydrogens is 270 g/mol. The van der Waals surface area contributed by atoms with E-state index in [1.807, 2.05) is 0 Å². The molecule has 0 amide bonds.